The second-order valence-electron chi connectivity index (χ2n) is 3.49. The molecule has 0 saturated carbocycles. The largest absolute Gasteiger partial charge is 0.0877 e. The van der Waals surface area contributed by atoms with Crippen molar-refractivity contribution < 1.29 is 0 Å². The first-order valence-corrected chi connectivity index (χ1v) is 5.30. The lowest BCUT2D eigenvalue weighted by atomic mass is 10.0. The van der Waals surface area contributed by atoms with E-state index in [2.05, 4.69) is 56.3 Å². The Labute approximate surface area is 92.6 Å². The second kappa shape index (κ2) is 6.02. The number of aryl methyl sites for hydroxylation is 1. The Kier molecular flexibility index (Phi) is 4.62. The van der Waals surface area contributed by atoms with E-state index >= 15 is 0 Å². The van der Waals surface area contributed by atoms with Gasteiger partial charge >= 0.3 is 0 Å². The quantitative estimate of drug-likeness (QED) is 0.626. The van der Waals surface area contributed by atoms with Crippen molar-refractivity contribution in [1.82, 2.24) is 0 Å². The summed E-state index contributed by atoms with van der Waals surface area (Å²) in [5.74, 6) is 0. The van der Waals surface area contributed by atoms with E-state index in [0.717, 1.165) is 0 Å². The minimum Gasteiger partial charge on any atom is -0.0877 e. The molecule has 0 amide bonds. The van der Waals surface area contributed by atoms with Crippen molar-refractivity contribution in [3.8, 4) is 0 Å². The van der Waals surface area contributed by atoms with E-state index < -0.39 is 0 Å². The van der Waals surface area contributed by atoms with Gasteiger partial charge in [-0.1, -0.05) is 60.2 Å². The average molecular weight is 198 g/mol. The first kappa shape index (κ1) is 11.5. The van der Waals surface area contributed by atoms with Crippen LogP contribution in [0.25, 0.3) is 5.57 Å². The molecule has 0 radical (unpaired) electrons. The molecule has 15 heavy (non-hydrogen) atoms. The van der Waals surface area contributed by atoms with Crippen LogP contribution in [0.1, 0.15) is 25.0 Å². The van der Waals surface area contributed by atoms with E-state index in [1.54, 1.807) is 0 Å². The molecule has 0 heteroatoms. The normalized spacial score (nSPS) is 12.9. The molecule has 0 unspecified atom stereocenters. The summed E-state index contributed by atoms with van der Waals surface area (Å²) in [6.07, 6.45) is 10.4. The summed E-state index contributed by atoms with van der Waals surface area (Å²) in [6, 6.07) is 8.60. The first-order chi connectivity index (χ1) is 7.27. The highest BCUT2D eigenvalue weighted by molar-refractivity contribution is 5.74. The van der Waals surface area contributed by atoms with Crippen molar-refractivity contribution in [1.29, 1.82) is 0 Å². The molecule has 1 rings (SSSR count). The van der Waals surface area contributed by atoms with Crippen LogP contribution in [0.3, 0.4) is 0 Å². The standard InChI is InChI=1S/C15H18/c1-4-6-7-8-14(5-2)15-11-9-13(3)10-12-15/h4-12H,1-3H3/b6-4-,8-7-,14-5+. The smallest absolute Gasteiger partial charge is 0.0187 e. The molecule has 1 aromatic rings. The monoisotopic (exact) mass is 198 g/mol. The molecular formula is C15H18. The topological polar surface area (TPSA) is 0 Å². The molecule has 0 aromatic heterocycles. The van der Waals surface area contributed by atoms with Gasteiger partial charge in [-0.3, -0.25) is 0 Å². The van der Waals surface area contributed by atoms with Crippen molar-refractivity contribution in [2.24, 2.45) is 0 Å². The maximum atomic E-state index is 2.16. The fourth-order valence-electron chi connectivity index (χ4n) is 1.38. The lowest BCUT2D eigenvalue weighted by molar-refractivity contribution is 1.45. The average Bonchev–Trinajstić information content (AvgIpc) is 2.26. The zero-order valence-electron chi connectivity index (χ0n) is 9.70. The van der Waals surface area contributed by atoms with E-state index in [4.69, 9.17) is 0 Å². The highest BCUT2D eigenvalue weighted by atomic mass is 14.0. The van der Waals surface area contributed by atoms with Crippen LogP contribution in [0, 0.1) is 6.92 Å². The van der Waals surface area contributed by atoms with Gasteiger partial charge in [0.1, 0.15) is 0 Å². The Morgan fingerprint density at radius 2 is 1.67 bits per heavy atom. The van der Waals surface area contributed by atoms with Gasteiger partial charge in [0.05, 0.1) is 0 Å². The van der Waals surface area contributed by atoms with Gasteiger partial charge in [0.15, 0.2) is 0 Å². The predicted molar refractivity (Wildman–Crippen MR) is 68.8 cm³/mol. The highest BCUT2D eigenvalue weighted by Gasteiger charge is 1.94. The minimum atomic E-state index is 1.26. The highest BCUT2D eigenvalue weighted by Crippen LogP contribution is 2.16. The van der Waals surface area contributed by atoms with E-state index in [0.29, 0.717) is 0 Å². The number of rotatable bonds is 3. The number of benzene rings is 1. The van der Waals surface area contributed by atoms with Crippen molar-refractivity contribution in [2.75, 3.05) is 0 Å². The Balaban J connectivity index is 2.89. The molecule has 0 aliphatic carbocycles. The fraction of sp³-hybridized carbons (Fsp3) is 0.200. The maximum absolute atomic E-state index is 2.16. The van der Waals surface area contributed by atoms with Crippen LogP contribution >= 0.6 is 0 Å². The lowest BCUT2D eigenvalue weighted by Gasteiger charge is -2.01. The van der Waals surface area contributed by atoms with Crippen LogP contribution in [0.4, 0.5) is 0 Å². The second-order valence-corrected chi connectivity index (χ2v) is 3.49. The fourth-order valence-corrected chi connectivity index (χ4v) is 1.38. The summed E-state index contributed by atoms with van der Waals surface area (Å²) in [4.78, 5) is 0. The van der Waals surface area contributed by atoms with Gasteiger partial charge in [0.25, 0.3) is 0 Å². The Morgan fingerprint density at radius 1 is 1.00 bits per heavy atom. The Hall–Kier alpha value is -1.56. The van der Waals surface area contributed by atoms with Gasteiger partial charge in [-0.25, -0.2) is 0 Å². The summed E-state index contributed by atoms with van der Waals surface area (Å²) in [5.41, 5.74) is 3.82. The SMILES string of the molecule is C\C=C/C=C\C(=C/C)c1ccc(C)cc1. The van der Waals surface area contributed by atoms with Crippen LogP contribution in [-0.4, -0.2) is 0 Å². The number of hydrogen-bond acceptors (Lipinski definition) is 0. The van der Waals surface area contributed by atoms with Crippen LogP contribution < -0.4 is 0 Å². The maximum Gasteiger partial charge on any atom is -0.0187 e. The Bertz CT molecular complexity index is 375. The van der Waals surface area contributed by atoms with Crippen LogP contribution in [0.5, 0.6) is 0 Å². The van der Waals surface area contributed by atoms with Gasteiger partial charge in [-0.15, -0.1) is 0 Å². The van der Waals surface area contributed by atoms with Gasteiger partial charge in [0, 0.05) is 0 Å². The third-order valence-electron chi connectivity index (χ3n) is 2.28. The van der Waals surface area contributed by atoms with Gasteiger partial charge < -0.3 is 0 Å². The van der Waals surface area contributed by atoms with Crippen molar-refractivity contribution >= 4 is 5.57 Å². The molecule has 0 N–H and O–H groups in total. The lowest BCUT2D eigenvalue weighted by Crippen LogP contribution is -1.80. The van der Waals surface area contributed by atoms with E-state index in [1.165, 1.54) is 16.7 Å². The van der Waals surface area contributed by atoms with Crippen molar-refractivity contribution in [2.45, 2.75) is 20.8 Å². The number of hydrogen-bond donors (Lipinski definition) is 0. The summed E-state index contributed by atoms with van der Waals surface area (Å²) < 4.78 is 0. The Morgan fingerprint density at radius 3 is 2.20 bits per heavy atom. The zero-order valence-corrected chi connectivity index (χ0v) is 9.70. The molecule has 0 spiro atoms. The third kappa shape index (κ3) is 3.59. The van der Waals surface area contributed by atoms with Crippen molar-refractivity contribution in [3.05, 3.63) is 65.8 Å². The van der Waals surface area contributed by atoms with Gasteiger partial charge in [0.2, 0.25) is 0 Å². The molecule has 1 aromatic carbocycles. The molecule has 0 aliphatic rings. The molecule has 0 aliphatic heterocycles. The summed E-state index contributed by atoms with van der Waals surface area (Å²) in [6.45, 7) is 6.19. The molecule has 0 heterocycles. The number of allylic oxidation sites excluding steroid dienone is 6. The molecule has 0 atom stereocenters. The van der Waals surface area contributed by atoms with E-state index in [-0.39, 0.29) is 0 Å². The van der Waals surface area contributed by atoms with Crippen LogP contribution in [-0.2, 0) is 0 Å². The van der Waals surface area contributed by atoms with Crippen LogP contribution in [0.2, 0.25) is 0 Å². The first-order valence-electron chi connectivity index (χ1n) is 5.30. The third-order valence-corrected chi connectivity index (χ3v) is 2.28. The van der Waals surface area contributed by atoms with Gasteiger partial charge in [-0.05, 0) is 31.9 Å². The molecule has 78 valence electrons. The molecule has 0 saturated heterocycles. The molecular weight excluding hydrogens is 180 g/mol. The predicted octanol–water partition coefficient (Wildman–Crippen LogP) is 4.53. The van der Waals surface area contributed by atoms with Gasteiger partial charge in [-0.2, -0.15) is 0 Å². The summed E-state index contributed by atoms with van der Waals surface area (Å²) in [7, 11) is 0. The zero-order chi connectivity index (χ0) is 11.1. The van der Waals surface area contributed by atoms with Crippen molar-refractivity contribution in [3.63, 3.8) is 0 Å². The van der Waals surface area contributed by atoms with Crippen LogP contribution in [0.15, 0.2) is 54.6 Å². The molecule has 0 bridgehead atoms. The minimum absolute atomic E-state index is 1.26. The summed E-state index contributed by atoms with van der Waals surface area (Å²) in [5, 5.41) is 0. The summed E-state index contributed by atoms with van der Waals surface area (Å²) >= 11 is 0. The molecule has 0 fully saturated rings. The van der Waals surface area contributed by atoms with E-state index in [1.807, 2.05) is 19.1 Å². The molecule has 0 nitrogen and oxygen atoms in total. The van der Waals surface area contributed by atoms with E-state index in [9.17, 15) is 0 Å².